The number of rotatable bonds is 6. The summed E-state index contributed by atoms with van der Waals surface area (Å²) in [5, 5.41) is 11.6. The number of pyridine rings is 1. The van der Waals surface area contributed by atoms with Gasteiger partial charge in [0, 0.05) is 24.5 Å². The molecule has 0 aliphatic carbocycles. The molecule has 0 atom stereocenters. The van der Waals surface area contributed by atoms with Crippen LogP contribution in [0.1, 0.15) is 21.5 Å². The topological polar surface area (TPSA) is 88.5 Å². The molecule has 0 radical (unpaired) electrons. The van der Waals surface area contributed by atoms with Crippen molar-refractivity contribution in [2.75, 3.05) is 6.54 Å². The van der Waals surface area contributed by atoms with Crippen molar-refractivity contribution >= 4 is 18.1 Å². The highest BCUT2D eigenvalue weighted by Gasteiger charge is 2.06. The van der Waals surface area contributed by atoms with Gasteiger partial charge in [-0.25, -0.2) is 9.59 Å². The van der Waals surface area contributed by atoms with Crippen LogP contribution in [0.5, 0.6) is 0 Å². The number of carboxylic acids is 1. The average Bonchev–Trinajstić information content (AvgIpc) is 2.58. The minimum atomic E-state index is -1.03. The standard InChI is InChI=1S/C17H16N2O4/c20-16(21)15-8-10-18-11-14(15)7-4-9-19-17(22)23-12-13-5-2-1-3-6-13/h1-8,10-11H,9,12H2,(H,19,22)(H,20,21). The van der Waals surface area contributed by atoms with Gasteiger partial charge in [-0.05, 0) is 11.6 Å². The highest BCUT2D eigenvalue weighted by molar-refractivity contribution is 5.91. The molecule has 0 aliphatic heterocycles. The van der Waals surface area contributed by atoms with Gasteiger partial charge in [-0.2, -0.15) is 0 Å². The number of ether oxygens (including phenoxy) is 1. The predicted octanol–water partition coefficient (Wildman–Crippen LogP) is 2.72. The Hall–Kier alpha value is -3.15. The van der Waals surface area contributed by atoms with E-state index in [0.717, 1.165) is 5.56 Å². The van der Waals surface area contributed by atoms with Gasteiger partial charge in [0.25, 0.3) is 0 Å². The molecule has 2 rings (SSSR count). The van der Waals surface area contributed by atoms with Crippen LogP contribution in [0.4, 0.5) is 4.79 Å². The van der Waals surface area contributed by atoms with E-state index >= 15 is 0 Å². The molecule has 0 saturated carbocycles. The van der Waals surface area contributed by atoms with Gasteiger partial charge in [0.2, 0.25) is 0 Å². The first-order chi connectivity index (χ1) is 11.2. The molecule has 0 aliphatic rings. The number of hydrogen-bond acceptors (Lipinski definition) is 4. The first kappa shape index (κ1) is 16.2. The second-order valence-electron chi connectivity index (χ2n) is 4.61. The Labute approximate surface area is 133 Å². The largest absolute Gasteiger partial charge is 0.478 e. The zero-order valence-electron chi connectivity index (χ0n) is 12.3. The average molecular weight is 312 g/mol. The third-order valence-corrected chi connectivity index (χ3v) is 2.96. The fraction of sp³-hybridized carbons (Fsp3) is 0.118. The third kappa shape index (κ3) is 5.28. The smallest absolute Gasteiger partial charge is 0.407 e. The lowest BCUT2D eigenvalue weighted by Gasteiger charge is -2.05. The maximum Gasteiger partial charge on any atom is 0.407 e. The summed E-state index contributed by atoms with van der Waals surface area (Å²) in [5.74, 6) is -1.03. The Bertz CT molecular complexity index is 699. The number of nitrogens with one attached hydrogen (secondary N) is 1. The Balaban J connectivity index is 1.78. The van der Waals surface area contributed by atoms with Crippen molar-refractivity contribution in [1.82, 2.24) is 10.3 Å². The molecule has 0 spiro atoms. The SMILES string of the molecule is O=C(NCC=Cc1cnccc1C(=O)O)OCc1ccccc1. The minimum absolute atomic E-state index is 0.155. The van der Waals surface area contributed by atoms with Gasteiger partial charge in [-0.1, -0.05) is 42.5 Å². The number of aromatic nitrogens is 1. The summed E-state index contributed by atoms with van der Waals surface area (Å²) in [6.07, 6.45) is 5.55. The van der Waals surface area contributed by atoms with E-state index in [1.807, 2.05) is 30.3 Å². The van der Waals surface area contributed by atoms with Crippen molar-refractivity contribution in [1.29, 1.82) is 0 Å². The molecule has 2 N–H and O–H groups in total. The highest BCUT2D eigenvalue weighted by Crippen LogP contribution is 2.08. The molecule has 6 nitrogen and oxygen atoms in total. The van der Waals surface area contributed by atoms with Crippen molar-refractivity contribution in [2.24, 2.45) is 0 Å². The number of hydrogen-bond donors (Lipinski definition) is 2. The molecular formula is C17H16N2O4. The molecule has 118 valence electrons. The summed E-state index contributed by atoms with van der Waals surface area (Å²) in [7, 11) is 0. The lowest BCUT2D eigenvalue weighted by Crippen LogP contribution is -2.24. The van der Waals surface area contributed by atoms with E-state index in [1.165, 1.54) is 18.5 Å². The molecule has 0 unspecified atom stereocenters. The summed E-state index contributed by atoms with van der Waals surface area (Å²) in [4.78, 5) is 26.4. The molecule has 1 amide bonds. The summed E-state index contributed by atoms with van der Waals surface area (Å²) in [6, 6.07) is 10.8. The van der Waals surface area contributed by atoms with E-state index < -0.39 is 12.1 Å². The number of nitrogens with zero attached hydrogens (tertiary/aromatic N) is 1. The molecule has 2 aromatic rings. The van der Waals surface area contributed by atoms with E-state index in [9.17, 15) is 9.59 Å². The zero-order chi connectivity index (χ0) is 16.5. The van der Waals surface area contributed by atoms with Crippen molar-refractivity contribution < 1.29 is 19.4 Å². The lowest BCUT2D eigenvalue weighted by atomic mass is 10.1. The molecule has 23 heavy (non-hydrogen) atoms. The summed E-state index contributed by atoms with van der Waals surface area (Å²) in [5.41, 5.74) is 1.53. The summed E-state index contributed by atoms with van der Waals surface area (Å²) >= 11 is 0. The van der Waals surface area contributed by atoms with Crippen molar-refractivity contribution in [3.63, 3.8) is 0 Å². The monoisotopic (exact) mass is 312 g/mol. The lowest BCUT2D eigenvalue weighted by molar-refractivity contribution is 0.0696. The predicted molar refractivity (Wildman–Crippen MR) is 84.9 cm³/mol. The van der Waals surface area contributed by atoms with Gasteiger partial charge in [0.15, 0.2) is 0 Å². The summed E-state index contributed by atoms with van der Waals surface area (Å²) in [6.45, 7) is 0.420. The van der Waals surface area contributed by atoms with Crippen molar-refractivity contribution in [3.05, 3.63) is 71.6 Å². The third-order valence-electron chi connectivity index (χ3n) is 2.96. The Morgan fingerprint density at radius 1 is 1.22 bits per heavy atom. The van der Waals surface area contributed by atoms with Crippen LogP contribution in [0.15, 0.2) is 54.9 Å². The molecule has 0 saturated heterocycles. The van der Waals surface area contributed by atoms with Crippen LogP contribution in [0.25, 0.3) is 6.08 Å². The number of benzene rings is 1. The number of aromatic carboxylic acids is 1. The first-order valence-electron chi connectivity index (χ1n) is 6.95. The normalized spacial score (nSPS) is 10.4. The molecule has 0 bridgehead atoms. The van der Waals surface area contributed by atoms with Gasteiger partial charge < -0.3 is 15.2 Å². The molecule has 6 heteroatoms. The van der Waals surface area contributed by atoms with Crippen LogP contribution in [-0.2, 0) is 11.3 Å². The first-order valence-corrected chi connectivity index (χ1v) is 6.95. The Morgan fingerprint density at radius 2 is 2.00 bits per heavy atom. The van der Waals surface area contributed by atoms with Crippen LogP contribution in [0.3, 0.4) is 0 Å². The fourth-order valence-electron chi connectivity index (χ4n) is 1.84. The van der Waals surface area contributed by atoms with Crippen LogP contribution < -0.4 is 5.32 Å². The molecule has 1 aromatic carbocycles. The van der Waals surface area contributed by atoms with Crippen LogP contribution in [0.2, 0.25) is 0 Å². The second-order valence-corrected chi connectivity index (χ2v) is 4.61. The quantitative estimate of drug-likeness (QED) is 0.856. The maximum atomic E-state index is 11.5. The zero-order valence-corrected chi connectivity index (χ0v) is 12.3. The van der Waals surface area contributed by atoms with E-state index in [-0.39, 0.29) is 18.7 Å². The van der Waals surface area contributed by atoms with Gasteiger partial charge in [-0.3, -0.25) is 4.98 Å². The van der Waals surface area contributed by atoms with Gasteiger partial charge >= 0.3 is 12.1 Å². The number of carbonyl (C=O) groups excluding carboxylic acids is 1. The number of carboxylic acid groups (broad SMARTS) is 1. The fourth-order valence-corrected chi connectivity index (χ4v) is 1.84. The van der Waals surface area contributed by atoms with Crippen molar-refractivity contribution in [3.8, 4) is 0 Å². The number of carbonyl (C=O) groups is 2. The van der Waals surface area contributed by atoms with Gasteiger partial charge in [0.05, 0.1) is 5.56 Å². The number of amides is 1. The molecule has 1 aromatic heterocycles. The van der Waals surface area contributed by atoms with E-state index in [2.05, 4.69) is 10.3 Å². The molecular weight excluding hydrogens is 296 g/mol. The van der Waals surface area contributed by atoms with E-state index in [1.54, 1.807) is 12.2 Å². The van der Waals surface area contributed by atoms with Crippen molar-refractivity contribution in [2.45, 2.75) is 6.61 Å². The van der Waals surface area contributed by atoms with Gasteiger partial charge in [0.1, 0.15) is 6.61 Å². The van der Waals surface area contributed by atoms with Crippen LogP contribution in [0, 0.1) is 0 Å². The Kier molecular flexibility index (Phi) is 5.88. The highest BCUT2D eigenvalue weighted by atomic mass is 16.5. The minimum Gasteiger partial charge on any atom is -0.478 e. The molecule has 0 fully saturated rings. The van der Waals surface area contributed by atoms with Crippen LogP contribution >= 0.6 is 0 Å². The summed E-state index contributed by atoms with van der Waals surface area (Å²) < 4.78 is 5.05. The Morgan fingerprint density at radius 3 is 2.74 bits per heavy atom. The van der Waals surface area contributed by atoms with E-state index in [0.29, 0.717) is 5.56 Å². The maximum absolute atomic E-state index is 11.5. The second kappa shape index (κ2) is 8.33. The van der Waals surface area contributed by atoms with E-state index in [4.69, 9.17) is 9.84 Å². The van der Waals surface area contributed by atoms with Crippen LogP contribution in [-0.4, -0.2) is 28.7 Å². The molecule has 1 heterocycles. The number of alkyl carbamates (subject to hydrolysis) is 1. The van der Waals surface area contributed by atoms with Gasteiger partial charge in [-0.15, -0.1) is 0 Å².